The van der Waals surface area contributed by atoms with Crippen molar-refractivity contribution in [2.75, 3.05) is 32.7 Å². The molecule has 19 heavy (non-hydrogen) atoms. The molecule has 2 rings (SSSR count). The van der Waals surface area contributed by atoms with Crippen LogP contribution in [0.3, 0.4) is 0 Å². The van der Waals surface area contributed by atoms with E-state index in [2.05, 4.69) is 29.4 Å². The molecule has 2 aliphatic heterocycles. The van der Waals surface area contributed by atoms with E-state index in [1.165, 1.54) is 13.0 Å². The Bertz CT molecular complexity index is 300. The lowest BCUT2D eigenvalue weighted by Gasteiger charge is -2.38. The van der Waals surface area contributed by atoms with Crippen LogP contribution in [0.5, 0.6) is 0 Å². The third-order valence-electron chi connectivity index (χ3n) is 5.01. The summed E-state index contributed by atoms with van der Waals surface area (Å²) in [5.41, 5.74) is -0.111. The molecule has 0 aromatic rings. The Morgan fingerprint density at radius 1 is 1.37 bits per heavy atom. The molecule has 1 atom stereocenters. The Labute approximate surface area is 117 Å². The zero-order valence-electron chi connectivity index (χ0n) is 12.5. The van der Waals surface area contributed by atoms with E-state index in [0.717, 1.165) is 51.9 Å². The Balaban J connectivity index is 1.91. The predicted octanol–water partition coefficient (Wildman–Crippen LogP) is 1.37. The Hall–Kier alpha value is -0.610. The van der Waals surface area contributed by atoms with Gasteiger partial charge in [0.15, 0.2) is 0 Å². The summed E-state index contributed by atoms with van der Waals surface area (Å²) in [5.74, 6) is 0.305. The van der Waals surface area contributed by atoms with Crippen molar-refractivity contribution >= 4 is 5.91 Å². The SMILES string of the molecule is CCN1CCCC(NC(=O)C2(CC)CCNCC2)C1. The van der Waals surface area contributed by atoms with E-state index >= 15 is 0 Å². The van der Waals surface area contributed by atoms with Crippen molar-refractivity contribution in [1.29, 1.82) is 0 Å². The second-order valence-electron chi connectivity index (χ2n) is 6.09. The van der Waals surface area contributed by atoms with Gasteiger partial charge in [-0.3, -0.25) is 4.79 Å². The summed E-state index contributed by atoms with van der Waals surface area (Å²) in [6.07, 6.45) is 5.28. The lowest BCUT2D eigenvalue weighted by Crippen LogP contribution is -2.54. The van der Waals surface area contributed by atoms with Gasteiger partial charge in [0.05, 0.1) is 5.41 Å². The lowest BCUT2D eigenvalue weighted by molar-refractivity contribution is -0.134. The van der Waals surface area contributed by atoms with E-state index in [4.69, 9.17) is 0 Å². The second kappa shape index (κ2) is 6.71. The molecule has 0 saturated carbocycles. The van der Waals surface area contributed by atoms with Crippen LogP contribution in [0.15, 0.2) is 0 Å². The zero-order chi connectivity index (χ0) is 13.7. The Morgan fingerprint density at radius 3 is 2.74 bits per heavy atom. The van der Waals surface area contributed by atoms with Gasteiger partial charge in [0.2, 0.25) is 5.91 Å². The summed E-state index contributed by atoms with van der Waals surface area (Å²) in [7, 11) is 0. The third-order valence-corrected chi connectivity index (χ3v) is 5.01. The van der Waals surface area contributed by atoms with Crippen molar-refractivity contribution < 1.29 is 4.79 Å². The molecule has 1 unspecified atom stereocenters. The van der Waals surface area contributed by atoms with Gasteiger partial charge in [-0.2, -0.15) is 0 Å². The fourth-order valence-electron chi connectivity index (χ4n) is 3.45. The summed E-state index contributed by atoms with van der Waals surface area (Å²) in [4.78, 5) is 15.1. The first-order valence-corrected chi connectivity index (χ1v) is 7.94. The largest absolute Gasteiger partial charge is 0.352 e. The van der Waals surface area contributed by atoms with Crippen molar-refractivity contribution in [1.82, 2.24) is 15.5 Å². The number of hydrogen-bond acceptors (Lipinski definition) is 3. The molecule has 0 aromatic carbocycles. The highest BCUT2D eigenvalue weighted by atomic mass is 16.2. The summed E-state index contributed by atoms with van der Waals surface area (Å²) >= 11 is 0. The molecule has 0 aliphatic carbocycles. The summed E-state index contributed by atoms with van der Waals surface area (Å²) in [6.45, 7) is 9.62. The number of likely N-dealkylation sites (N-methyl/N-ethyl adjacent to an activating group) is 1. The average Bonchev–Trinajstić information content (AvgIpc) is 2.48. The molecule has 2 fully saturated rings. The van der Waals surface area contributed by atoms with Gasteiger partial charge in [-0.05, 0) is 58.3 Å². The van der Waals surface area contributed by atoms with E-state index in [-0.39, 0.29) is 5.41 Å². The minimum Gasteiger partial charge on any atom is -0.352 e. The smallest absolute Gasteiger partial charge is 0.226 e. The second-order valence-corrected chi connectivity index (χ2v) is 6.09. The van der Waals surface area contributed by atoms with Gasteiger partial charge in [-0.15, -0.1) is 0 Å². The van der Waals surface area contributed by atoms with Gasteiger partial charge in [0.25, 0.3) is 0 Å². The van der Waals surface area contributed by atoms with Crippen LogP contribution < -0.4 is 10.6 Å². The number of carbonyl (C=O) groups is 1. The quantitative estimate of drug-likeness (QED) is 0.808. The standard InChI is InChI=1S/C15H29N3O/c1-3-15(7-9-16-10-8-15)14(19)17-13-6-5-11-18(4-2)12-13/h13,16H,3-12H2,1-2H3,(H,17,19). The molecule has 4 heteroatoms. The monoisotopic (exact) mass is 267 g/mol. The number of nitrogens with one attached hydrogen (secondary N) is 2. The van der Waals surface area contributed by atoms with Crippen LogP contribution in [0, 0.1) is 5.41 Å². The number of piperidine rings is 2. The van der Waals surface area contributed by atoms with Gasteiger partial charge < -0.3 is 15.5 Å². The maximum Gasteiger partial charge on any atom is 0.226 e. The van der Waals surface area contributed by atoms with Crippen molar-refractivity contribution in [3.8, 4) is 0 Å². The van der Waals surface area contributed by atoms with E-state index in [1.54, 1.807) is 0 Å². The molecule has 2 saturated heterocycles. The first-order valence-electron chi connectivity index (χ1n) is 7.94. The maximum atomic E-state index is 12.7. The number of rotatable bonds is 4. The fraction of sp³-hybridized carbons (Fsp3) is 0.933. The molecule has 1 amide bonds. The topological polar surface area (TPSA) is 44.4 Å². The van der Waals surface area contributed by atoms with Crippen molar-refractivity contribution in [3.63, 3.8) is 0 Å². The number of nitrogens with zero attached hydrogens (tertiary/aromatic N) is 1. The maximum absolute atomic E-state index is 12.7. The fourth-order valence-corrected chi connectivity index (χ4v) is 3.45. The molecule has 0 radical (unpaired) electrons. The summed E-state index contributed by atoms with van der Waals surface area (Å²) in [6, 6.07) is 0.361. The van der Waals surface area contributed by atoms with E-state index < -0.39 is 0 Å². The third kappa shape index (κ3) is 3.48. The molecule has 0 aromatic heterocycles. The summed E-state index contributed by atoms with van der Waals surface area (Å²) in [5, 5.41) is 6.70. The highest BCUT2D eigenvalue weighted by Gasteiger charge is 2.38. The van der Waals surface area contributed by atoms with E-state index in [0.29, 0.717) is 11.9 Å². The van der Waals surface area contributed by atoms with Crippen LogP contribution in [-0.4, -0.2) is 49.6 Å². The van der Waals surface area contributed by atoms with E-state index in [9.17, 15) is 4.79 Å². The van der Waals surface area contributed by atoms with Crippen molar-refractivity contribution in [3.05, 3.63) is 0 Å². The molecule has 0 bridgehead atoms. The van der Waals surface area contributed by atoms with Crippen LogP contribution in [-0.2, 0) is 4.79 Å². The first kappa shape index (κ1) is 14.8. The summed E-state index contributed by atoms with van der Waals surface area (Å²) < 4.78 is 0. The van der Waals surface area contributed by atoms with Gasteiger partial charge in [-0.1, -0.05) is 13.8 Å². The number of amides is 1. The van der Waals surface area contributed by atoms with Gasteiger partial charge in [0.1, 0.15) is 0 Å². The van der Waals surface area contributed by atoms with Gasteiger partial charge >= 0.3 is 0 Å². The molecular formula is C15H29N3O. The minimum absolute atomic E-state index is 0.111. The lowest BCUT2D eigenvalue weighted by atomic mass is 9.75. The van der Waals surface area contributed by atoms with Crippen LogP contribution in [0.1, 0.15) is 46.0 Å². The van der Waals surface area contributed by atoms with E-state index in [1.807, 2.05) is 0 Å². The normalized spacial score (nSPS) is 28.0. The molecule has 110 valence electrons. The molecule has 2 aliphatic rings. The number of carbonyl (C=O) groups excluding carboxylic acids is 1. The molecule has 4 nitrogen and oxygen atoms in total. The molecule has 0 spiro atoms. The molecule has 2 N–H and O–H groups in total. The van der Waals surface area contributed by atoms with Crippen LogP contribution in [0.25, 0.3) is 0 Å². The highest BCUT2D eigenvalue weighted by molar-refractivity contribution is 5.83. The Kier molecular flexibility index (Phi) is 5.22. The minimum atomic E-state index is -0.111. The van der Waals surface area contributed by atoms with Gasteiger partial charge in [-0.25, -0.2) is 0 Å². The zero-order valence-corrected chi connectivity index (χ0v) is 12.5. The van der Waals surface area contributed by atoms with Crippen molar-refractivity contribution in [2.45, 2.75) is 52.0 Å². The highest BCUT2D eigenvalue weighted by Crippen LogP contribution is 2.33. The number of hydrogen-bond donors (Lipinski definition) is 2. The molecular weight excluding hydrogens is 238 g/mol. The average molecular weight is 267 g/mol. The van der Waals surface area contributed by atoms with Crippen molar-refractivity contribution in [2.24, 2.45) is 5.41 Å². The predicted molar refractivity (Wildman–Crippen MR) is 78.1 cm³/mol. The van der Waals surface area contributed by atoms with Crippen LogP contribution in [0.2, 0.25) is 0 Å². The first-order chi connectivity index (χ1) is 9.20. The van der Waals surface area contributed by atoms with Crippen LogP contribution in [0.4, 0.5) is 0 Å². The van der Waals surface area contributed by atoms with Gasteiger partial charge in [0, 0.05) is 12.6 Å². The Morgan fingerprint density at radius 2 is 2.11 bits per heavy atom. The molecule has 2 heterocycles. The van der Waals surface area contributed by atoms with Crippen LogP contribution >= 0.6 is 0 Å². The number of likely N-dealkylation sites (tertiary alicyclic amines) is 1.